The van der Waals surface area contributed by atoms with Gasteiger partial charge in [0.1, 0.15) is 5.75 Å². The number of nitrogens with one attached hydrogen (secondary N) is 2. The van der Waals surface area contributed by atoms with E-state index >= 15 is 0 Å². The summed E-state index contributed by atoms with van der Waals surface area (Å²) in [7, 11) is 0. The number of amides is 2. The highest BCUT2D eigenvalue weighted by Crippen LogP contribution is 2.31. The van der Waals surface area contributed by atoms with Crippen LogP contribution in [0, 0.1) is 0 Å². The van der Waals surface area contributed by atoms with E-state index in [4.69, 9.17) is 0 Å². The molecule has 2 amide bonds. The highest BCUT2D eigenvalue weighted by atomic mass is 16.3. The maximum absolute atomic E-state index is 12.4. The van der Waals surface area contributed by atoms with E-state index in [-0.39, 0.29) is 23.0 Å². The zero-order valence-electron chi connectivity index (χ0n) is 15.0. The molecule has 0 saturated carbocycles. The zero-order chi connectivity index (χ0) is 18.6. The van der Waals surface area contributed by atoms with Crippen LogP contribution in [-0.4, -0.2) is 16.9 Å². The Hall–Kier alpha value is -2.82. The Kier molecular flexibility index (Phi) is 5.47. The van der Waals surface area contributed by atoms with E-state index < -0.39 is 0 Å². The van der Waals surface area contributed by atoms with Crippen LogP contribution in [0.2, 0.25) is 0 Å². The van der Waals surface area contributed by atoms with Gasteiger partial charge in [-0.3, -0.25) is 9.59 Å². The van der Waals surface area contributed by atoms with E-state index in [0.29, 0.717) is 17.8 Å². The maximum atomic E-state index is 12.4. The monoisotopic (exact) mass is 340 g/mol. The number of hydrogen-bond donors (Lipinski definition) is 3. The van der Waals surface area contributed by atoms with Crippen molar-refractivity contribution in [3.05, 3.63) is 59.2 Å². The summed E-state index contributed by atoms with van der Waals surface area (Å²) in [6.07, 6.45) is 0. The first-order valence-corrected chi connectivity index (χ1v) is 8.15. The first kappa shape index (κ1) is 18.5. The molecule has 5 heteroatoms. The molecule has 2 aromatic rings. The molecular formula is C20H24N2O3. The molecule has 0 aromatic heterocycles. The lowest BCUT2D eigenvalue weighted by molar-refractivity contribution is -0.119. The van der Waals surface area contributed by atoms with E-state index in [0.717, 1.165) is 11.1 Å². The third-order valence-corrected chi connectivity index (χ3v) is 3.87. The molecular weight excluding hydrogens is 316 g/mol. The van der Waals surface area contributed by atoms with E-state index in [1.807, 2.05) is 6.07 Å². The van der Waals surface area contributed by atoms with Crippen LogP contribution in [0.1, 0.15) is 49.2 Å². The van der Waals surface area contributed by atoms with E-state index in [1.54, 1.807) is 36.4 Å². The molecule has 2 rings (SSSR count). The van der Waals surface area contributed by atoms with E-state index in [2.05, 4.69) is 31.4 Å². The first-order chi connectivity index (χ1) is 11.7. The zero-order valence-corrected chi connectivity index (χ0v) is 15.0. The molecule has 5 nitrogen and oxygen atoms in total. The van der Waals surface area contributed by atoms with Gasteiger partial charge in [0, 0.05) is 19.0 Å². The summed E-state index contributed by atoms with van der Waals surface area (Å²) in [6.45, 7) is 8.09. The summed E-state index contributed by atoms with van der Waals surface area (Å²) in [6, 6.07) is 12.2. The van der Waals surface area contributed by atoms with Gasteiger partial charge in [-0.25, -0.2) is 0 Å². The predicted octanol–water partition coefficient (Wildman–Crippen LogP) is 3.58. The smallest absolute Gasteiger partial charge is 0.255 e. The van der Waals surface area contributed by atoms with Crippen LogP contribution < -0.4 is 10.6 Å². The minimum Gasteiger partial charge on any atom is -0.506 e. The van der Waals surface area contributed by atoms with Gasteiger partial charge in [0.25, 0.3) is 5.91 Å². The molecule has 0 spiro atoms. The number of anilines is 1. The SMILES string of the molecule is CC(=O)NCc1ccc(C(=O)Nc2cc(C(C)(C)C)ccc2O)cc1. The normalized spacial score (nSPS) is 11.0. The lowest BCUT2D eigenvalue weighted by Crippen LogP contribution is -2.19. The van der Waals surface area contributed by atoms with E-state index in [9.17, 15) is 14.7 Å². The number of rotatable bonds is 4. The fourth-order valence-electron chi connectivity index (χ4n) is 2.30. The summed E-state index contributed by atoms with van der Waals surface area (Å²) in [5.74, 6) is -0.368. The minimum absolute atomic E-state index is 0.0311. The average Bonchev–Trinajstić information content (AvgIpc) is 2.54. The Bertz CT molecular complexity index is 775. The summed E-state index contributed by atoms with van der Waals surface area (Å²) < 4.78 is 0. The maximum Gasteiger partial charge on any atom is 0.255 e. The number of phenolic OH excluding ortho intramolecular Hbond substituents is 1. The topological polar surface area (TPSA) is 78.4 Å². The first-order valence-electron chi connectivity index (χ1n) is 8.15. The average molecular weight is 340 g/mol. The number of hydrogen-bond acceptors (Lipinski definition) is 3. The molecule has 0 heterocycles. The molecule has 0 aliphatic rings. The highest BCUT2D eigenvalue weighted by molar-refractivity contribution is 6.05. The largest absolute Gasteiger partial charge is 0.506 e. The molecule has 0 atom stereocenters. The molecule has 2 aromatic carbocycles. The van der Waals surface area contributed by atoms with Crippen molar-refractivity contribution in [2.24, 2.45) is 0 Å². The fourth-order valence-corrected chi connectivity index (χ4v) is 2.30. The molecule has 3 N–H and O–H groups in total. The minimum atomic E-state index is -0.299. The van der Waals surface area contributed by atoms with Crippen molar-refractivity contribution in [1.29, 1.82) is 0 Å². The van der Waals surface area contributed by atoms with Crippen LogP contribution in [0.3, 0.4) is 0 Å². The van der Waals surface area contributed by atoms with Crippen molar-refractivity contribution in [2.45, 2.75) is 39.7 Å². The Morgan fingerprint density at radius 3 is 2.24 bits per heavy atom. The van der Waals surface area contributed by atoms with Crippen molar-refractivity contribution in [3.8, 4) is 5.75 Å². The van der Waals surface area contributed by atoms with Gasteiger partial charge in [0.2, 0.25) is 5.91 Å². The molecule has 0 unspecified atom stereocenters. The van der Waals surface area contributed by atoms with Crippen LogP contribution in [0.25, 0.3) is 0 Å². The van der Waals surface area contributed by atoms with Crippen molar-refractivity contribution in [3.63, 3.8) is 0 Å². The van der Waals surface area contributed by atoms with Gasteiger partial charge < -0.3 is 15.7 Å². The molecule has 0 aliphatic carbocycles. The van der Waals surface area contributed by atoms with Gasteiger partial charge in [-0.1, -0.05) is 39.0 Å². The molecule has 0 fully saturated rings. The fraction of sp³-hybridized carbons (Fsp3) is 0.300. The van der Waals surface area contributed by atoms with Crippen LogP contribution >= 0.6 is 0 Å². The quantitative estimate of drug-likeness (QED) is 0.745. The summed E-state index contributed by atoms with van der Waals surface area (Å²) in [5.41, 5.74) is 2.71. The van der Waals surface area contributed by atoms with Crippen molar-refractivity contribution in [2.75, 3.05) is 5.32 Å². The van der Waals surface area contributed by atoms with Crippen LogP contribution in [-0.2, 0) is 16.8 Å². The lowest BCUT2D eigenvalue weighted by atomic mass is 9.87. The second kappa shape index (κ2) is 7.38. The van der Waals surface area contributed by atoms with Crippen LogP contribution in [0.4, 0.5) is 5.69 Å². The van der Waals surface area contributed by atoms with Gasteiger partial charge in [-0.05, 0) is 40.8 Å². The molecule has 0 radical (unpaired) electrons. The van der Waals surface area contributed by atoms with Gasteiger partial charge >= 0.3 is 0 Å². The Balaban J connectivity index is 2.13. The van der Waals surface area contributed by atoms with Crippen molar-refractivity contribution < 1.29 is 14.7 Å². The molecule has 0 bridgehead atoms. The number of benzene rings is 2. The molecule has 0 saturated heterocycles. The summed E-state index contributed by atoms with van der Waals surface area (Å²) in [4.78, 5) is 23.3. The number of carbonyl (C=O) groups is 2. The lowest BCUT2D eigenvalue weighted by Gasteiger charge is -2.20. The number of phenols is 1. The second-order valence-electron chi connectivity index (χ2n) is 7.04. The third-order valence-electron chi connectivity index (χ3n) is 3.87. The Morgan fingerprint density at radius 2 is 1.68 bits per heavy atom. The van der Waals surface area contributed by atoms with Crippen LogP contribution in [0.15, 0.2) is 42.5 Å². The Labute approximate surface area is 148 Å². The third kappa shape index (κ3) is 5.08. The summed E-state index contributed by atoms with van der Waals surface area (Å²) >= 11 is 0. The van der Waals surface area contributed by atoms with Gasteiger partial charge in [-0.15, -0.1) is 0 Å². The molecule has 132 valence electrons. The molecule has 25 heavy (non-hydrogen) atoms. The van der Waals surface area contributed by atoms with Crippen LogP contribution in [0.5, 0.6) is 5.75 Å². The second-order valence-corrected chi connectivity index (χ2v) is 7.04. The predicted molar refractivity (Wildman–Crippen MR) is 98.7 cm³/mol. The summed E-state index contributed by atoms with van der Waals surface area (Å²) in [5, 5.41) is 15.5. The van der Waals surface area contributed by atoms with Gasteiger partial charge in [0.05, 0.1) is 5.69 Å². The van der Waals surface area contributed by atoms with Crippen molar-refractivity contribution in [1.82, 2.24) is 5.32 Å². The Morgan fingerprint density at radius 1 is 1.04 bits per heavy atom. The number of aromatic hydroxyl groups is 1. The molecule has 0 aliphatic heterocycles. The van der Waals surface area contributed by atoms with Crippen molar-refractivity contribution >= 4 is 17.5 Å². The standard InChI is InChI=1S/C20H24N2O3/c1-13(23)21-12-14-5-7-15(8-6-14)19(25)22-17-11-16(20(2,3)4)9-10-18(17)24/h5-11,24H,12H2,1-4H3,(H,21,23)(H,22,25). The van der Waals surface area contributed by atoms with Gasteiger partial charge in [-0.2, -0.15) is 0 Å². The van der Waals surface area contributed by atoms with Gasteiger partial charge in [0.15, 0.2) is 0 Å². The highest BCUT2D eigenvalue weighted by Gasteiger charge is 2.17. The number of carbonyl (C=O) groups excluding carboxylic acids is 2. The van der Waals surface area contributed by atoms with E-state index in [1.165, 1.54) is 6.92 Å².